The van der Waals surface area contributed by atoms with Crippen molar-refractivity contribution in [2.75, 3.05) is 25.1 Å². The van der Waals surface area contributed by atoms with Crippen molar-refractivity contribution in [3.63, 3.8) is 0 Å². The zero-order chi connectivity index (χ0) is 11.8. The number of hydrogen-bond donors (Lipinski definition) is 1. The number of carbonyl (C=O) groups is 1. The summed E-state index contributed by atoms with van der Waals surface area (Å²) in [5.74, 6) is 0.00860. The van der Waals surface area contributed by atoms with Crippen LogP contribution in [0, 0.1) is 0 Å². The van der Waals surface area contributed by atoms with Crippen molar-refractivity contribution >= 4 is 33.2 Å². The van der Waals surface area contributed by atoms with E-state index in [0.29, 0.717) is 19.8 Å². The van der Waals surface area contributed by atoms with E-state index in [2.05, 4.69) is 28.2 Å². The maximum absolute atomic E-state index is 11.8. The van der Waals surface area contributed by atoms with Crippen LogP contribution >= 0.6 is 27.3 Å². The van der Waals surface area contributed by atoms with Gasteiger partial charge in [0.05, 0.1) is 18.1 Å². The summed E-state index contributed by atoms with van der Waals surface area (Å²) in [5.41, 5.74) is 1.11. The quantitative estimate of drug-likeness (QED) is 0.621. The van der Waals surface area contributed by atoms with Gasteiger partial charge in [-0.05, 0) is 23.4 Å². The van der Waals surface area contributed by atoms with Gasteiger partial charge in [-0.25, -0.2) is 0 Å². The van der Waals surface area contributed by atoms with Gasteiger partial charge in [-0.3, -0.25) is 4.79 Å². The van der Waals surface area contributed by atoms with E-state index in [0.717, 1.165) is 22.2 Å². The van der Waals surface area contributed by atoms with Gasteiger partial charge in [0.1, 0.15) is 0 Å². The molecule has 90 valence electrons. The largest absolute Gasteiger partial charge is 0.379 e. The molecular weight excluding hydrogens is 290 g/mol. The Balaban J connectivity index is 2.30. The number of aryl methyl sites for hydroxylation is 1. The fourth-order valence-corrected chi connectivity index (χ4v) is 2.43. The highest BCUT2D eigenvalue weighted by Gasteiger charge is 2.10. The Morgan fingerprint density at radius 2 is 2.38 bits per heavy atom. The molecule has 0 unspecified atom stereocenters. The van der Waals surface area contributed by atoms with E-state index in [4.69, 9.17) is 4.74 Å². The summed E-state index contributed by atoms with van der Waals surface area (Å²) in [5, 5.41) is 5.63. The van der Waals surface area contributed by atoms with Gasteiger partial charge in [0, 0.05) is 11.9 Å². The van der Waals surface area contributed by atoms with E-state index < -0.39 is 0 Å². The molecule has 1 amide bonds. The lowest BCUT2D eigenvalue weighted by Gasteiger charge is -2.05. The molecule has 1 heterocycles. The van der Waals surface area contributed by atoms with Gasteiger partial charge in [0.25, 0.3) is 5.91 Å². The van der Waals surface area contributed by atoms with E-state index in [1.165, 1.54) is 11.3 Å². The number of hydrogen-bond acceptors (Lipinski definition) is 3. The number of halogens is 1. The van der Waals surface area contributed by atoms with Crippen LogP contribution in [0.3, 0.4) is 0 Å². The Kier molecular flexibility index (Phi) is 6.68. The fraction of sp³-hybridized carbons (Fsp3) is 0.545. The number of amides is 1. The van der Waals surface area contributed by atoms with Crippen molar-refractivity contribution in [1.82, 2.24) is 5.32 Å². The summed E-state index contributed by atoms with van der Waals surface area (Å²) < 4.78 is 5.25. The zero-order valence-corrected chi connectivity index (χ0v) is 11.7. The lowest BCUT2D eigenvalue weighted by atomic mass is 10.2. The smallest absolute Gasteiger partial charge is 0.261 e. The first kappa shape index (κ1) is 13.7. The summed E-state index contributed by atoms with van der Waals surface area (Å²) in [6.07, 6.45) is 0.895. The minimum absolute atomic E-state index is 0.00860. The molecule has 0 aromatic carbocycles. The highest BCUT2D eigenvalue weighted by Crippen LogP contribution is 2.16. The molecule has 1 rings (SSSR count). The minimum atomic E-state index is 0.00860. The van der Waals surface area contributed by atoms with Crippen LogP contribution in [0.15, 0.2) is 11.4 Å². The van der Waals surface area contributed by atoms with Crippen LogP contribution < -0.4 is 5.32 Å². The van der Waals surface area contributed by atoms with Crippen molar-refractivity contribution in [2.45, 2.75) is 13.3 Å². The summed E-state index contributed by atoms with van der Waals surface area (Å²) in [7, 11) is 0. The predicted octanol–water partition coefficient (Wildman–Crippen LogP) is 2.45. The molecule has 0 bridgehead atoms. The highest BCUT2D eigenvalue weighted by molar-refractivity contribution is 9.09. The Labute approximate surface area is 108 Å². The fourth-order valence-electron chi connectivity index (χ4n) is 1.29. The van der Waals surface area contributed by atoms with Crippen LogP contribution in [0.2, 0.25) is 0 Å². The molecule has 0 spiro atoms. The number of rotatable bonds is 7. The Hall–Kier alpha value is -0.390. The van der Waals surface area contributed by atoms with Crippen molar-refractivity contribution in [1.29, 1.82) is 0 Å². The van der Waals surface area contributed by atoms with E-state index in [-0.39, 0.29) is 5.91 Å². The van der Waals surface area contributed by atoms with Crippen molar-refractivity contribution in [3.05, 3.63) is 21.9 Å². The summed E-state index contributed by atoms with van der Waals surface area (Å²) in [4.78, 5) is 12.6. The van der Waals surface area contributed by atoms with Crippen LogP contribution in [0.5, 0.6) is 0 Å². The number of ether oxygens (including phenoxy) is 1. The normalized spacial score (nSPS) is 10.4. The number of nitrogens with one attached hydrogen (secondary N) is 1. The van der Waals surface area contributed by atoms with Gasteiger partial charge >= 0.3 is 0 Å². The topological polar surface area (TPSA) is 38.3 Å². The molecule has 0 aliphatic heterocycles. The Bertz CT molecular complexity index is 328. The average molecular weight is 306 g/mol. The molecule has 3 nitrogen and oxygen atoms in total. The van der Waals surface area contributed by atoms with E-state index >= 15 is 0 Å². The lowest BCUT2D eigenvalue weighted by molar-refractivity contribution is 0.0927. The third-order valence-corrected chi connectivity index (χ3v) is 3.37. The van der Waals surface area contributed by atoms with Gasteiger partial charge < -0.3 is 10.1 Å². The standard InChI is InChI=1S/C11H16BrNO2S/c1-2-9-3-8-16-10(9)11(14)13-5-7-15-6-4-12/h3,8H,2,4-7H2,1H3,(H,13,14). The molecule has 0 atom stereocenters. The second-order valence-electron chi connectivity index (χ2n) is 3.19. The second kappa shape index (κ2) is 7.81. The van der Waals surface area contributed by atoms with Crippen LogP contribution in [0.4, 0.5) is 0 Å². The first-order chi connectivity index (χ1) is 7.79. The molecule has 0 radical (unpaired) electrons. The molecule has 1 aromatic heterocycles. The third-order valence-electron chi connectivity index (χ3n) is 2.09. The monoisotopic (exact) mass is 305 g/mol. The molecule has 1 aromatic rings. The molecule has 0 aliphatic rings. The van der Waals surface area contributed by atoms with Crippen LogP contribution in [-0.4, -0.2) is 31.0 Å². The van der Waals surface area contributed by atoms with Crippen LogP contribution in [0.1, 0.15) is 22.2 Å². The Morgan fingerprint density at radius 3 is 3.06 bits per heavy atom. The molecule has 5 heteroatoms. The molecule has 0 saturated carbocycles. The van der Waals surface area contributed by atoms with Gasteiger partial charge in [0.15, 0.2) is 0 Å². The SMILES string of the molecule is CCc1ccsc1C(=O)NCCOCCBr. The van der Waals surface area contributed by atoms with E-state index in [1.54, 1.807) is 0 Å². The lowest BCUT2D eigenvalue weighted by Crippen LogP contribution is -2.27. The zero-order valence-electron chi connectivity index (χ0n) is 9.29. The predicted molar refractivity (Wildman–Crippen MR) is 70.6 cm³/mol. The van der Waals surface area contributed by atoms with Crippen molar-refractivity contribution < 1.29 is 9.53 Å². The minimum Gasteiger partial charge on any atom is -0.379 e. The molecule has 0 fully saturated rings. The maximum Gasteiger partial charge on any atom is 0.261 e. The molecule has 1 N–H and O–H groups in total. The number of carbonyl (C=O) groups excluding carboxylic acids is 1. The molecule has 0 aliphatic carbocycles. The molecule has 16 heavy (non-hydrogen) atoms. The first-order valence-electron chi connectivity index (χ1n) is 5.27. The van der Waals surface area contributed by atoms with Gasteiger partial charge in [-0.1, -0.05) is 22.9 Å². The van der Waals surface area contributed by atoms with Crippen molar-refractivity contribution in [2.24, 2.45) is 0 Å². The average Bonchev–Trinajstić information content (AvgIpc) is 2.76. The maximum atomic E-state index is 11.8. The molecular formula is C11H16BrNO2S. The summed E-state index contributed by atoms with van der Waals surface area (Å²) >= 11 is 4.76. The summed E-state index contributed by atoms with van der Waals surface area (Å²) in [6, 6.07) is 2.00. The van der Waals surface area contributed by atoms with Gasteiger partial charge in [-0.15, -0.1) is 11.3 Å². The van der Waals surface area contributed by atoms with E-state index in [9.17, 15) is 4.79 Å². The number of thiophene rings is 1. The number of alkyl halides is 1. The van der Waals surface area contributed by atoms with Gasteiger partial charge in [0.2, 0.25) is 0 Å². The highest BCUT2D eigenvalue weighted by atomic mass is 79.9. The van der Waals surface area contributed by atoms with Crippen LogP contribution in [-0.2, 0) is 11.2 Å². The van der Waals surface area contributed by atoms with Gasteiger partial charge in [-0.2, -0.15) is 0 Å². The molecule has 0 saturated heterocycles. The van der Waals surface area contributed by atoms with Crippen molar-refractivity contribution in [3.8, 4) is 0 Å². The third kappa shape index (κ3) is 4.23. The van der Waals surface area contributed by atoms with E-state index in [1.807, 2.05) is 11.4 Å². The first-order valence-corrected chi connectivity index (χ1v) is 7.28. The van der Waals surface area contributed by atoms with Crippen LogP contribution in [0.25, 0.3) is 0 Å². The summed E-state index contributed by atoms with van der Waals surface area (Å²) in [6.45, 7) is 3.85. The Morgan fingerprint density at radius 1 is 1.56 bits per heavy atom. The second-order valence-corrected chi connectivity index (χ2v) is 4.89.